The summed E-state index contributed by atoms with van der Waals surface area (Å²) in [6, 6.07) is 3.88. The second kappa shape index (κ2) is 6.49. The number of rotatable bonds is 5. The fourth-order valence-corrected chi connectivity index (χ4v) is 3.04. The topological polar surface area (TPSA) is 41.5 Å². The second-order valence-corrected chi connectivity index (χ2v) is 5.77. The maximum atomic E-state index is 10.1. The normalized spacial score (nSPS) is 17.6. The third-order valence-corrected chi connectivity index (χ3v) is 4.28. The molecule has 1 aliphatic rings. The molecule has 2 rings (SSSR count). The Kier molecular flexibility index (Phi) is 4.94. The lowest BCUT2D eigenvalue weighted by Crippen LogP contribution is -2.31. The average Bonchev–Trinajstić information content (AvgIpc) is 2.93. The fourth-order valence-electron chi connectivity index (χ4n) is 2.81. The van der Waals surface area contributed by atoms with Crippen molar-refractivity contribution < 1.29 is 9.84 Å². The van der Waals surface area contributed by atoms with Crippen LogP contribution in [0.2, 0.25) is 5.02 Å². The van der Waals surface area contributed by atoms with Crippen LogP contribution in [0.5, 0.6) is 11.5 Å². The number of ether oxygens (including phenoxy) is 1. The first-order chi connectivity index (χ1) is 9.11. The van der Waals surface area contributed by atoms with Crippen LogP contribution in [-0.4, -0.2) is 18.3 Å². The fraction of sp³-hybridized carbons (Fsp3) is 0.600. The standard InChI is InChI=1S/C15H22ClNO2/c1-10(11-5-3-4-6-11)17-9-12-7-13(16)8-14(19-2)15(12)18/h7-8,10-11,17-18H,3-6,9H2,1-2H3/t10-/m1/s1. The van der Waals surface area contributed by atoms with E-state index in [2.05, 4.69) is 12.2 Å². The quantitative estimate of drug-likeness (QED) is 0.865. The smallest absolute Gasteiger partial charge is 0.162 e. The Morgan fingerprint density at radius 3 is 2.74 bits per heavy atom. The third-order valence-electron chi connectivity index (χ3n) is 4.06. The van der Waals surface area contributed by atoms with Gasteiger partial charge in [0.1, 0.15) is 0 Å². The number of nitrogens with one attached hydrogen (secondary N) is 1. The molecule has 2 N–H and O–H groups in total. The summed E-state index contributed by atoms with van der Waals surface area (Å²) in [4.78, 5) is 0. The van der Waals surface area contributed by atoms with Crippen molar-refractivity contribution in [3.05, 3.63) is 22.7 Å². The van der Waals surface area contributed by atoms with Crippen LogP contribution < -0.4 is 10.1 Å². The van der Waals surface area contributed by atoms with Crippen LogP contribution in [-0.2, 0) is 6.54 Å². The molecule has 1 saturated carbocycles. The van der Waals surface area contributed by atoms with Gasteiger partial charge < -0.3 is 15.2 Å². The van der Waals surface area contributed by atoms with E-state index in [0.29, 0.717) is 23.4 Å². The molecule has 3 nitrogen and oxygen atoms in total. The largest absolute Gasteiger partial charge is 0.504 e. The first-order valence-corrected chi connectivity index (χ1v) is 7.28. The summed E-state index contributed by atoms with van der Waals surface area (Å²) in [6.07, 6.45) is 5.29. The molecule has 1 aromatic rings. The highest BCUT2D eigenvalue weighted by Crippen LogP contribution is 2.34. The van der Waals surface area contributed by atoms with Gasteiger partial charge in [-0.25, -0.2) is 0 Å². The lowest BCUT2D eigenvalue weighted by atomic mass is 9.99. The van der Waals surface area contributed by atoms with Gasteiger partial charge in [-0.1, -0.05) is 24.4 Å². The molecule has 0 heterocycles. The van der Waals surface area contributed by atoms with E-state index in [4.69, 9.17) is 16.3 Å². The van der Waals surface area contributed by atoms with Gasteiger partial charge in [-0.3, -0.25) is 0 Å². The third kappa shape index (κ3) is 3.54. The molecule has 1 aliphatic carbocycles. The van der Waals surface area contributed by atoms with Gasteiger partial charge >= 0.3 is 0 Å². The highest BCUT2D eigenvalue weighted by Gasteiger charge is 2.21. The van der Waals surface area contributed by atoms with E-state index >= 15 is 0 Å². The summed E-state index contributed by atoms with van der Waals surface area (Å²) in [7, 11) is 1.53. The molecule has 4 heteroatoms. The van der Waals surface area contributed by atoms with Crippen molar-refractivity contribution in [1.82, 2.24) is 5.32 Å². The van der Waals surface area contributed by atoms with Crippen LogP contribution in [0.3, 0.4) is 0 Å². The van der Waals surface area contributed by atoms with Crippen molar-refractivity contribution in [2.24, 2.45) is 5.92 Å². The van der Waals surface area contributed by atoms with Gasteiger partial charge in [0.25, 0.3) is 0 Å². The molecule has 1 aromatic carbocycles. The van der Waals surface area contributed by atoms with Gasteiger partial charge in [0.05, 0.1) is 7.11 Å². The van der Waals surface area contributed by atoms with Crippen molar-refractivity contribution in [2.45, 2.75) is 45.2 Å². The Bertz CT molecular complexity index is 430. The first-order valence-electron chi connectivity index (χ1n) is 6.90. The summed E-state index contributed by atoms with van der Waals surface area (Å²) >= 11 is 6.02. The number of benzene rings is 1. The molecule has 106 valence electrons. The average molecular weight is 284 g/mol. The van der Waals surface area contributed by atoms with Crippen LogP contribution in [0.25, 0.3) is 0 Å². The molecule has 0 aromatic heterocycles. The molecule has 0 unspecified atom stereocenters. The number of aromatic hydroxyl groups is 1. The van der Waals surface area contributed by atoms with Gasteiger partial charge in [0, 0.05) is 29.2 Å². The zero-order valence-electron chi connectivity index (χ0n) is 11.6. The van der Waals surface area contributed by atoms with E-state index < -0.39 is 0 Å². The molecule has 0 bridgehead atoms. The van der Waals surface area contributed by atoms with Crippen molar-refractivity contribution >= 4 is 11.6 Å². The minimum atomic E-state index is 0.179. The Morgan fingerprint density at radius 2 is 2.11 bits per heavy atom. The van der Waals surface area contributed by atoms with E-state index in [1.54, 1.807) is 12.1 Å². The van der Waals surface area contributed by atoms with Crippen LogP contribution in [0.4, 0.5) is 0 Å². The zero-order valence-corrected chi connectivity index (χ0v) is 12.3. The molecule has 0 spiro atoms. The predicted molar refractivity (Wildman–Crippen MR) is 77.9 cm³/mol. The minimum absolute atomic E-state index is 0.179. The molecule has 0 aliphatic heterocycles. The van der Waals surface area contributed by atoms with Gasteiger partial charge in [-0.15, -0.1) is 0 Å². The minimum Gasteiger partial charge on any atom is -0.504 e. The van der Waals surface area contributed by atoms with E-state index in [1.807, 2.05) is 0 Å². The number of hydrogen-bond acceptors (Lipinski definition) is 3. The number of phenols is 1. The van der Waals surface area contributed by atoms with Crippen LogP contribution in [0.15, 0.2) is 12.1 Å². The first kappa shape index (κ1) is 14.5. The Balaban J connectivity index is 2.00. The summed E-state index contributed by atoms with van der Waals surface area (Å²) in [5.41, 5.74) is 0.786. The van der Waals surface area contributed by atoms with Crippen molar-refractivity contribution in [3.63, 3.8) is 0 Å². The molecule has 0 amide bonds. The zero-order chi connectivity index (χ0) is 13.8. The lowest BCUT2D eigenvalue weighted by molar-refractivity contribution is 0.359. The van der Waals surface area contributed by atoms with Crippen LogP contribution in [0, 0.1) is 5.92 Å². The number of hydrogen-bond donors (Lipinski definition) is 2. The van der Waals surface area contributed by atoms with Crippen molar-refractivity contribution in [3.8, 4) is 11.5 Å². The summed E-state index contributed by atoms with van der Waals surface area (Å²) in [5, 5.41) is 14.1. The van der Waals surface area contributed by atoms with E-state index in [9.17, 15) is 5.11 Å². The maximum absolute atomic E-state index is 10.1. The van der Waals surface area contributed by atoms with Crippen molar-refractivity contribution in [1.29, 1.82) is 0 Å². The highest BCUT2D eigenvalue weighted by atomic mass is 35.5. The monoisotopic (exact) mass is 283 g/mol. The van der Waals surface area contributed by atoms with Gasteiger partial charge in [-0.05, 0) is 31.7 Å². The Morgan fingerprint density at radius 1 is 1.42 bits per heavy atom. The lowest BCUT2D eigenvalue weighted by Gasteiger charge is -2.21. The van der Waals surface area contributed by atoms with Crippen molar-refractivity contribution in [2.75, 3.05) is 7.11 Å². The van der Waals surface area contributed by atoms with Gasteiger partial charge in [-0.2, -0.15) is 0 Å². The van der Waals surface area contributed by atoms with E-state index in [0.717, 1.165) is 11.5 Å². The Labute approximate surface area is 119 Å². The molecule has 1 atom stereocenters. The Hall–Kier alpha value is -0.930. The van der Waals surface area contributed by atoms with Crippen LogP contribution >= 0.6 is 11.6 Å². The highest BCUT2D eigenvalue weighted by molar-refractivity contribution is 6.30. The summed E-state index contributed by atoms with van der Waals surface area (Å²) in [5.74, 6) is 1.36. The van der Waals surface area contributed by atoms with Gasteiger partial charge in [0.15, 0.2) is 11.5 Å². The molecule has 19 heavy (non-hydrogen) atoms. The van der Waals surface area contributed by atoms with Crippen LogP contribution in [0.1, 0.15) is 38.2 Å². The molecule has 1 fully saturated rings. The molecule has 0 saturated heterocycles. The summed E-state index contributed by atoms with van der Waals surface area (Å²) < 4.78 is 5.11. The number of methoxy groups -OCH3 is 1. The van der Waals surface area contributed by atoms with E-state index in [1.165, 1.54) is 32.8 Å². The summed E-state index contributed by atoms with van der Waals surface area (Å²) in [6.45, 7) is 2.83. The molecule has 0 radical (unpaired) electrons. The maximum Gasteiger partial charge on any atom is 0.162 e. The second-order valence-electron chi connectivity index (χ2n) is 5.33. The SMILES string of the molecule is COc1cc(Cl)cc(CN[C@H](C)C2CCCC2)c1O. The number of phenolic OH excluding ortho intramolecular Hbond substituents is 1. The predicted octanol–water partition coefficient (Wildman–Crippen LogP) is 3.72. The van der Waals surface area contributed by atoms with Gasteiger partial charge in [0.2, 0.25) is 0 Å². The number of halogens is 1. The molecular weight excluding hydrogens is 262 g/mol. The molecular formula is C15H22ClNO2. The van der Waals surface area contributed by atoms with E-state index in [-0.39, 0.29) is 5.75 Å².